The van der Waals surface area contributed by atoms with Crippen LogP contribution in [0.1, 0.15) is 40.5 Å². The molecule has 0 saturated carbocycles. The van der Waals surface area contributed by atoms with Crippen molar-refractivity contribution in [1.29, 1.82) is 0 Å². The molecule has 8 nitrogen and oxygen atoms in total. The summed E-state index contributed by atoms with van der Waals surface area (Å²) < 4.78 is 37.4. The first-order valence-electron chi connectivity index (χ1n) is 8.80. The molecule has 2 N–H and O–H groups in total. The SMILES string of the molecule is CC(C)OCCCOCC(CO)COCCCOP(=O)(O)OC(C)C. The van der Waals surface area contributed by atoms with Crippen molar-refractivity contribution in [1.82, 2.24) is 0 Å². The van der Waals surface area contributed by atoms with E-state index in [-0.39, 0.29) is 31.3 Å². The summed E-state index contributed by atoms with van der Waals surface area (Å²) >= 11 is 0. The molecule has 2 atom stereocenters. The van der Waals surface area contributed by atoms with Crippen LogP contribution in [0.4, 0.5) is 0 Å². The van der Waals surface area contributed by atoms with Crippen molar-refractivity contribution in [2.24, 2.45) is 5.92 Å². The van der Waals surface area contributed by atoms with Crippen molar-refractivity contribution in [2.75, 3.05) is 46.2 Å². The number of phosphoric ester groups is 1. The lowest BCUT2D eigenvalue weighted by Gasteiger charge is -2.16. The van der Waals surface area contributed by atoms with Crippen molar-refractivity contribution in [3.63, 3.8) is 0 Å². The third-order valence-corrected chi connectivity index (χ3v) is 4.08. The number of rotatable bonds is 17. The smallest absolute Gasteiger partial charge is 0.396 e. The minimum atomic E-state index is -3.98. The first-order chi connectivity index (χ1) is 11.8. The Morgan fingerprint density at radius 1 is 0.880 bits per heavy atom. The largest absolute Gasteiger partial charge is 0.472 e. The van der Waals surface area contributed by atoms with Gasteiger partial charge in [0.2, 0.25) is 0 Å². The van der Waals surface area contributed by atoms with Gasteiger partial charge < -0.3 is 24.2 Å². The van der Waals surface area contributed by atoms with E-state index in [0.29, 0.717) is 39.5 Å². The maximum atomic E-state index is 11.5. The van der Waals surface area contributed by atoms with E-state index < -0.39 is 7.82 Å². The van der Waals surface area contributed by atoms with Gasteiger partial charge >= 0.3 is 7.82 Å². The van der Waals surface area contributed by atoms with Gasteiger partial charge in [0.15, 0.2) is 0 Å². The topological polar surface area (TPSA) is 104 Å². The highest BCUT2D eigenvalue weighted by atomic mass is 31.2. The van der Waals surface area contributed by atoms with Crippen LogP contribution < -0.4 is 0 Å². The predicted octanol–water partition coefficient (Wildman–Crippen LogP) is 2.38. The van der Waals surface area contributed by atoms with Gasteiger partial charge in [0, 0.05) is 25.7 Å². The van der Waals surface area contributed by atoms with Crippen LogP contribution in [0.25, 0.3) is 0 Å². The molecule has 0 aliphatic heterocycles. The maximum Gasteiger partial charge on any atom is 0.472 e. The van der Waals surface area contributed by atoms with Crippen LogP contribution in [0.5, 0.6) is 0 Å². The van der Waals surface area contributed by atoms with Gasteiger partial charge in [-0.1, -0.05) is 0 Å². The van der Waals surface area contributed by atoms with Gasteiger partial charge in [-0.2, -0.15) is 0 Å². The Balaban J connectivity index is 3.59. The Hall–Kier alpha value is -0.0500. The first kappa shape index (κ1) is 24.9. The summed E-state index contributed by atoms with van der Waals surface area (Å²) in [6, 6.07) is 0. The Kier molecular flexibility index (Phi) is 15.0. The number of ether oxygens (including phenoxy) is 3. The Labute approximate surface area is 151 Å². The third kappa shape index (κ3) is 17.1. The molecule has 0 radical (unpaired) electrons. The monoisotopic (exact) mass is 386 g/mol. The van der Waals surface area contributed by atoms with Gasteiger partial charge in [-0.15, -0.1) is 0 Å². The molecule has 25 heavy (non-hydrogen) atoms. The van der Waals surface area contributed by atoms with Crippen molar-refractivity contribution < 1.29 is 37.8 Å². The predicted molar refractivity (Wildman–Crippen MR) is 94.5 cm³/mol. The van der Waals surface area contributed by atoms with Gasteiger partial charge in [0.25, 0.3) is 0 Å². The molecule has 0 fully saturated rings. The fraction of sp³-hybridized carbons (Fsp3) is 1.00. The minimum Gasteiger partial charge on any atom is -0.396 e. The van der Waals surface area contributed by atoms with Gasteiger partial charge in [-0.05, 0) is 40.5 Å². The number of phosphoric acid groups is 1. The van der Waals surface area contributed by atoms with E-state index in [1.807, 2.05) is 13.8 Å². The summed E-state index contributed by atoms with van der Waals surface area (Å²) in [6.45, 7) is 9.72. The summed E-state index contributed by atoms with van der Waals surface area (Å²) in [4.78, 5) is 9.37. The zero-order valence-electron chi connectivity index (χ0n) is 15.9. The van der Waals surface area contributed by atoms with Crippen LogP contribution >= 0.6 is 7.82 Å². The van der Waals surface area contributed by atoms with E-state index in [1.165, 1.54) is 0 Å². The van der Waals surface area contributed by atoms with Gasteiger partial charge in [-0.25, -0.2) is 4.57 Å². The van der Waals surface area contributed by atoms with E-state index in [2.05, 4.69) is 0 Å². The fourth-order valence-corrected chi connectivity index (χ4v) is 2.72. The molecule has 0 aromatic heterocycles. The van der Waals surface area contributed by atoms with Crippen LogP contribution in [0.2, 0.25) is 0 Å². The maximum absolute atomic E-state index is 11.5. The second-order valence-corrected chi connectivity index (χ2v) is 7.69. The molecule has 0 spiro atoms. The summed E-state index contributed by atoms with van der Waals surface area (Å²) in [6.07, 6.45) is 1.11. The van der Waals surface area contributed by atoms with Gasteiger partial charge in [-0.3, -0.25) is 9.05 Å². The van der Waals surface area contributed by atoms with Crippen molar-refractivity contribution >= 4 is 7.82 Å². The third-order valence-electron chi connectivity index (χ3n) is 2.88. The second-order valence-electron chi connectivity index (χ2n) is 6.28. The zero-order valence-corrected chi connectivity index (χ0v) is 16.8. The van der Waals surface area contributed by atoms with Crippen molar-refractivity contribution in [3.05, 3.63) is 0 Å². The normalized spacial score (nSPS) is 15.7. The molecule has 0 rings (SSSR count). The van der Waals surface area contributed by atoms with Crippen LogP contribution in [-0.2, 0) is 27.8 Å². The van der Waals surface area contributed by atoms with Gasteiger partial charge in [0.1, 0.15) is 0 Å². The Morgan fingerprint density at radius 2 is 1.44 bits per heavy atom. The molecule has 0 bridgehead atoms. The fourth-order valence-electron chi connectivity index (χ4n) is 1.77. The number of aliphatic hydroxyl groups excluding tert-OH is 1. The highest BCUT2D eigenvalue weighted by Gasteiger charge is 2.22. The summed E-state index contributed by atoms with van der Waals surface area (Å²) in [7, 11) is -3.98. The molecule has 0 aliphatic carbocycles. The Bertz CT molecular complexity index is 351. The summed E-state index contributed by atoms with van der Waals surface area (Å²) in [5, 5.41) is 9.30. The lowest BCUT2D eigenvalue weighted by Crippen LogP contribution is -2.21. The van der Waals surface area contributed by atoms with Crippen molar-refractivity contribution in [3.8, 4) is 0 Å². The van der Waals surface area contributed by atoms with Crippen LogP contribution in [-0.4, -0.2) is 68.5 Å². The first-order valence-corrected chi connectivity index (χ1v) is 10.3. The average Bonchev–Trinajstić information content (AvgIpc) is 2.50. The second kappa shape index (κ2) is 15.1. The molecule has 9 heteroatoms. The van der Waals surface area contributed by atoms with E-state index in [4.69, 9.17) is 23.3 Å². The summed E-state index contributed by atoms with van der Waals surface area (Å²) in [5.41, 5.74) is 0. The van der Waals surface area contributed by atoms with E-state index >= 15 is 0 Å². The standard InChI is InChI=1S/C16H35O8P/c1-14(2)22-9-5-7-20-12-16(11-17)13-21-8-6-10-23-25(18,19)24-15(3)4/h14-17H,5-13H2,1-4H3,(H,18,19). The average molecular weight is 386 g/mol. The lowest BCUT2D eigenvalue weighted by atomic mass is 10.2. The van der Waals surface area contributed by atoms with Crippen LogP contribution in [0.3, 0.4) is 0 Å². The molecule has 0 saturated heterocycles. The molecule has 0 aromatic carbocycles. The van der Waals surface area contributed by atoms with E-state index in [1.54, 1.807) is 13.8 Å². The number of aliphatic hydroxyl groups is 1. The molecule has 0 aliphatic rings. The molecule has 0 aromatic rings. The lowest BCUT2D eigenvalue weighted by molar-refractivity contribution is 0.00307. The molecule has 0 amide bonds. The highest BCUT2D eigenvalue weighted by Crippen LogP contribution is 2.44. The zero-order chi connectivity index (χ0) is 19.1. The number of hydrogen-bond acceptors (Lipinski definition) is 7. The number of hydrogen-bond donors (Lipinski definition) is 2. The summed E-state index contributed by atoms with van der Waals surface area (Å²) in [5.74, 6) is -0.0971. The van der Waals surface area contributed by atoms with Crippen molar-refractivity contribution in [2.45, 2.75) is 52.7 Å². The molecule has 2 unspecified atom stereocenters. The van der Waals surface area contributed by atoms with Crippen LogP contribution in [0, 0.1) is 5.92 Å². The quantitative estimate of drug-likeness (QED) is 0.290. The molecular formula is C16H35O8P. The Morgan fingerprint density at radius 3 is 1.92 bits per heavy atom. The van der Waals surface area contributed by atoms with E-state index in [9.17, 15) is 14.6 Å². The minimum absolute atomic E-state index is 0.0208. The van der Waals surface area contributed by atoms with E-state index in [0.717, 1.165) is 6.42 Å². The molecule has 152 valence electrons. The highest BCUT2D eigenvalue weighted by molar-refractivity contribution is 7.47. The van der Waals surface area contributed by atoms with Crippen LogP contribution in [0.15, 0.2) is 0 Å². The molecular weight excluding hydrogens is 351 g/mol. The van der Waals surface area contributed by atoms with Gasteiger partial charge in [0.05, 0.1) is 38.6 Å². The molecule has 0 heterocycles.